The topological polar surface area (TPSA) is 347 Å². The first-order valence-corrected chi connectivity index (χ1v) is 15.7. The smallest absolute Gasteiger partial charge is 0.305 e. The molecule has 20 nitrogen and oxygen atoms in total. The van der Waals surface area contributed by atoms with Gasteiger partial charge in [0, 0.05) is 12.8 Å². The van der Waals surface area contributed by atoms with E-state index in [1.807, 2.05) is 0 Å². The quantitative estimate of drug-likeness (QED) is 0.0570. The van der Waals surface area contributed by atoms with Crippen molar-refractivity contribution in [3.05, 3.63) is 29.8 Å². The molecule has 0 unspecified atom stereocenters. The first-order chi connectivity index (χ1) is 23.7. The van der Waals surface area contributed by atoms with Crippen molar-refractivity contribution >= 4 is 53.4 Å². The van der Waals surface area contributed by atoms with E-state index >= 15 is 0 Å². The number of carbonyl (C=O) groups is 9. The molecule has 0 aliphatic heterocycles. The van der Waals surface area contributed by atoms with Gasteiger partial charge in [-0.15, -0.1) is 0 Å². The van der Waals surface area contributed by atoms with Crippen LogP contribution in [0.3, 0.4) is 0 Å². The maximum absolute atomic E-state index is 13.5. The number of aliphatic carboxylic acids is 3. The van der Waals surface area contributed by atoms with Crippen LogP contribution >= 0.6 is 0 Å². The van der Waals surface area contributed by atoms with Crippen LogP contribution in [0.5, 0.6) is 5.75 Å². The van der Waals surface area contributed by atoms with E-state index in [1.54, 1.807) is 13.8 Å². The molecular formula is C31H45N7O13. The Bertz CT molecular complexity index is 1450. The van der Waals surface area contributed by atoms with Crippen LogP contribution < -0.4 is 38.1 Å². The summed E-state index contributed by atoms with van der Waals surface area (Å²) in [6, 6.07) is -3.56. The Morgan fingerprint density at radius 2 is 1.12 bits per heavy atom. The van der Waals surface area contributed by atoms with Gasteiger partial charge in [-0.05, 0) is 43.4 Å². The van der Waals surface area contributed by atoms with Gasteiger partial charge < -0.3 is 58.5 Å². The molecular weight excluding hydrogens is 678 g/mol. The van der Waals surface area contributed by atoms with Gasteiger partial charge in [0.05, 0.1) is 18.9 Å². The Hall–Kier alpha value is -5.79. The molecule has 1 rings (SSSR count). The second kappa shape index (κ2) is 20.7. The van der Waals surface area contributed by atoms with Gasteiger partial charge in [0.2, 0.25) is 35.4 Å². The van der Waals surface area contributed by atoms with Gasteiger partial charge in [-0.3, -0.25) is 43.2 Å². The van der Waals surface area contributed by atoms with Crippen LogP contribution in [0.1, 0.15) is 58.4 Å². The van der Waals surface area contributed by atoms with Crippen molar-refractivity contribution in [2.24, 2.45) is 17.4 Å². The predicted octanol–water partition coefficient (Wildman–Crippen LogP) is -2.95. The van der Waals surface area contributed by atoms with Gasteiger partial charge in [-0.2, -0.15) is 0 Å². The number of nitrogens with two attached hydrogens (primary N) is 2. The molecule has 0 heterocycles. The van der Waals surface area contributed by atoms with E-state index in [1.165, 1.54) is 24.3 Å². The van der Waals surface area contributed by atoms with Crippen molar-refractivity contribution in [1.29, 1.82) is 0 Å². The molecule has 0 aliphatic carbocycles. The molecule has 0 aromatic heterocycles. The average Bonchev–Trinajstić information content (AvgIpc) is 3.01. The van der Waals surface area contributed by atoms with E-state index in [9.17, 15) is 58.5 Å². The Morgan fingerprint density at radius 1 is 0.627 bits per heavy atom. The number of phenols is 1. The molecule has 51 heavy (non-hydrogen) atoms. The highest BCUT2D eigenvalue weighted by molar-refractivity contribution is 5.98. The van der Waals surface area contributed by atoms with Gasteiger partial charge >= 0.3 is 17.9 Å². The Morgan fingerprint density at radius 3 is 1.63 bits per heavy atom. The summed E-state index contributed by atoms with van der Waals surface area (Å²) in [5.74, 6) is -10.7. The third kappa shape index (κ3) is 16.4. The number of hydrogen-bond acceptors (Lipinski definition) is 11. The number of carbonyl (C=O) groups excluding carboxylic acids is 6. The zero-order valence-electron chi connectivity index (χ0n) is 28.2. The normalized spacial score (nSPS) is 14.4. The van der Waals surface area contributed by atoms with E-state index < -0.39 is 115 Å². The number of carboxylic acid groups (broad SMARTS) is 3. The molecule has 0 saturated heterocycles. The summed E-state index contributed by atoms with van der Waals surface area (Å²) < 4.78 is 0. The van der Waals surface area contributed by atoms with Crippen molar-refractivity contribution in [2.75, 3.05) is 0 Å². The number of nitrogens with one attached hydrogen (secondary N) is 5. The lowest BCUT2D eigenvalue weighted by atomic mass is 10.0. The molecule has 0 spiro atoms. The molecule has 1 aromatic carbocycles. The summed E-state index contributed by atoms with van der Waals surface area (Å²) in [4.78, 5) is 111. The summed E-state index contributed by atoms with van der Waals surface area (Å²) in [7, 11) is 0. The van der Waals surface area contributed by atoms with Crippen LogP contribution in [0.4, 0.5) is 0 Å². The number of benzene rings is 1. The fourth-order valence-electron chi connectivity index (χ4n) is 4.50. The molecule has 0 aliphatic rings. The number of phenolic OH excluding ortho intramolecular Hbond substituents is 1. The zero-order valence-corrected chi connectivity index (χ0v) is 28.2. The lowest BCUT2D eigenvalue weighted by Gasteiger charge is -2.26. The van der Waals surface area contributed by atoms with E-state index in [0.29, 0.717) is 5.56 Å². The Balaban J connectivity index is 3.30. The fraction of sp³-hybridized carbons (Fsp3) is 0.516. The summed E-state index contributed by atoms with van der Waals surface area (Å²) in [6.07, 6.45) is -3.07. The van der Waals surface area contributed by atoms with Gasteiger partial charge in [0.1, 0.15) is 36.0 Å². The van der Waals surface area contributed by atoms with Crippen molar-refractivity contribution < 1.29 is 63.6 Å². The summed E-state index contributed by atoms with van der Waals surface area (Å²) in [5, 5.41) is 48.4. The minimum absolute atomic E-state index is 0.0726. The van der Waals surface area contributed by atoms with Crippen LogP contribution in [0.15, 0.2) is 24.3 Å². The van der Waals surface area contributed by atoms with Gasteiger partial charge in [-0.25, -0.2) is 0 Å². The van der Waals surface area contributed by atoms with E-state index in [4.69, 9.17) is 16.6 Å². The lowest BCUT2D eigenvalue weighted by Crippen LogP contribution is -2.59. The molecule has 0 fully saturated rings. The Kier molecular flexibility index (Phi) is 17.5. The van der Waals surface area contributed by atoms with Crippen molar-refractivity contribution in [2.45, 2.75) is 95.5 Å². The zero-order chi connectivity index (χ0) is 39.0. The first-order valence-electron chi connectivity index (χ1n) is 15.7. The van der Waals surface area contributed by atoms with Crippen LogP contribution in [0.2, 0.25) is 0 Å². The number of amides is 6. The number of carboxylic acids is 3. The summed E-state index contributed by atoms with van der Waals surface area (Å²) in [6.45, 7) is 4.70. The monoisotopic (exact) mass is 723 g/mol. The van der Waals surface area contributed by atoms with Gasteiger partial charge in [-0.1, -0.05) is 26.0 Å². The molecule has 13 N–H and O–H groups in total. The highest BCUT2D eigenvalue weighted by Gasteiger charge is 2.33. The molecule has 6 atom stereocenters. The maximum atomic E-state index is 13.5. The fourth-order valence-corrected chi connectivity index (χ4v) is 4.50. The Labute approximate surface area is 292 Å². The van der Waals surface area contributed by atoms with Crippen LogP contribution in [-0.4, -0.2) is 110 Å². The van der Waals surface area contributed by atoms with Gasteiger partial charge in [0.15, 0.2) is 0 Å². The standard InChI is InChI=1S/C31H45N7O13/c1-14(2)10-20(26(33)46)36-30(50)21(11-16-4-6-17(39)7-5-16)38-29(49)19(8-9-23(40)41)35-31(51)22(13-25(44)45)37-27(47)15(3)34-28(48)18(32)12-24(42)43/h4-7,14-15,18-22,39H,8-13,32H2,1-3H3,(H2,33,46)(H,34,48)(H,35,51)(H,36,50)(H,37,47)(H,38,49)(H,40,41)(H,42,43)(H,44,45)/t15-,18-,19-,20-,21-,22-/m0/s1. The summed E-state index contributed by atoms with van der Waals surface area (Å²) >= 11 is 0. The van der Waals surface area contributed by atoms with Crippen molar-refractivity contribution in [3.8, 4) is 5.75 Å². The van der Waals surface area contributed by atoms with Crippen LogP contribution in [-0.2, 0) is 49.6 Å². The molecule has 282 valence electrons. The first kappa shape index (κ1) is 43.2. The number of primary amides is 1. The third-order valence-electron chi connectivity index (χ3n) is 7.15. The van der Waals surface area contributed by atoms with Crippen molar-refractivity contribution in [3.63, 3.8) is 0 Å². The SMILES string of the molecule is CC(C)C[C@H](NC(=O)[C@H](Cc1ccc(O)cc1)NC(=O)[C@H](CCC(=O)O)NC(=O)[C@H](CC(=O)O)NC(=O)[C@H](C)NC(=O)[C@@H](N)CC(=O)O)C(N)=O. The molecule has 1 aromatic rings. The molecule has 6 amide bonds. The predicted molar refractivity (Wildman–Crippen MR) is 175 cm³/mol. The lowest BCUT2D eigenvalue weighted by molar-refractivity contribution is -0.141. The number of rotatable bonds is 22. The van der Waals surface area contributed by atoms with Gasteiger partial charge in [0.25, 0.3) is 0 Å². The summed E-state index contributed by atoms with van der Waals surface area (Å²) in [5.41, 5.74) is 11.4. The third-order valence-corrected chi connectivity index (χ3v) is 7.15. The minimum Gasteiger partial charge on any atom is -0.508 e. The largest absolute Gasteiger partial charge is 0.508 e. The highest BCUT2D eigenvalue weighted by Crippen LogP contribution is 2.13. The van der Waals surface area contributed by atoms with Crippen LogP contribution in [0.25, 0.3) is 0 Å². The molecule has 0 bridgehead atoms. The minimum atomic E-state index is -1.87. The molecule has 0 radical (unpaired) electrons. The van der Waals surface area contributed by atoms with E-state index in [0.717, 1.165) is 6.92 Å². The molecule has 0 saturated carbocycles. The van der Waals surface area contributed by atoms with Crippen LogP contribution in [0, 0.1) is 5.92 Å². The van der Waals surface area contributed by atoms with E-state index in [2.05, 4.69) is 26.6 Å². The van der Waals surface area contributed by atoms with Crippen molar-refractivity contribution in [1.82, 2.24) is 26.6 Å². The van der Waals surface area contributed by atoms with E-state index in [-0.39, 0.29) is 24.5 Å². The number of aromatic hydroxyl groups is 1. The highest BCUT2D eigenvalue weighted by atomic mass is 16.4. The average molecular weight is 724 g/mol. The maximum Gasteiger partial charge on any atom is 0.305 e. The second-order valence-electron chi connectivity index (χ2n) is 12.1. The number of hydrogen-bond donors (Lipinski definition) is 11. The second-order valence-corrected chi connectivity index (χ2v) is 12.1. The molecule has 20 heteroatoms.